The van der Waals surface area contributed by atoms with Gasteiger partial charge in [0.15, 0.2) is 6.10 Å². The molecular weight excluding hydrogens is 284 g/mol. The number of hydrogen-bond acceptors (Lipinski definition) is 5. The number of aliphatic carboxylic acids is 1. The van der Waals surface area contributed by atoms with Crippen LogP contribution in [-0.2, 0) is 14.8 Å². The number of aliphatic hydroxyl groups excluding tert-OH is 1. The fraction of sp³-hybridized carbons (Fsp3) is 0.333. The number of nitrogens with zero attached hydrogens (tertiary/aromatic N) is 1. The van der Waals surface area contributed by atoms with Crippen LogP contribution in [0.3, 0.4) is 0 Å². The van der Waals surface area contributed by atoms with Crippen molar-refractivity contribution >= 4 is 16.0 Å². The summed E-state index contributed by atoms with van der Waals surface area (Å²) in [5, 5.41) is 26.3. The molecule has 0 radical (unpaired) electrons. The Bertz CT molecular complexity index is 648. The summed E-state index contributed by atoms with van der Waals surface area (Å²) in [6.07, 6.45) is -1.84. The van der Waals surface area contributed by atoms with Crippen LogP contribution in [0.1, 0.15) is 17.5 Å². The fourth-order valence-corrected chi connectivity index (χ4v) is 2.60. The lowest BCUT2D eigenvalue weighted by molar-refractivity contribution is -0.146. The Morgan fingerprint density at radius 1 is 1.50 bits per heavy atom. The third-order valence-electron chi connectivity index (χ3n) is 2.62. The number of carbonyl (C=O) groups is 1. The van der Waals surface area contributed by atoms with E-state index in [0.717, 1.165) is 0 Å². The smallest absolute Gasteiger partial charge is 0.332 e. The van der Waals surface area contributed by atoms with Crippen LogP contribution >= 0.6 is 0 Å². The van der Waals surface area contributed by atoms with Crippen LogP contribution in [0.4, 0.5) is 0 Å². The van der Waals surface area contributed by atoms with Crippen molar-refractivity contribution in [1.82, 2.24) is 4.72 Å². The third-order valence-corrected chi connectivity index (χ3v) is 4.08. The van der Waals surface area contributed by atoms with Gasteiger partial charge in [0.25, 0.3) is 0 Å². The minimum atomic E-state index is -3.79. The van der Waals surface area contributed by atoms with E-state index < -0.39 is 22.1 Å². The van der Waals surface area contributed by atoms with E-state index in [1.54, 1.807) is 6.92 Å². The molecule has 0 saturated heterocycles. The monoisotopic (exact) mass is 298 g/mol. The average molecular weight is 298 g/mol. The van der Waals surface area contributed by atoms with Gasteiger partial charge in [-0.3, -0.25) is 0 Å². The molecule has 20 heavy (non-hydrogen) atoms. The number of carboxylic acids is 1. The molecule has 108 valence electrons. The maximum atomic E-state index is 11.9. The third kappa shape index (κ3) is 4.03. The van der Waals surface area contributed by atoms with Gasteiger partial charge < -0.3 is 10.2 Å². The molecule has 0 amide bonds. The molecule has 7 nitrogen and oxygen atoms in total. The normalized spacial score (nSPS) is 12.7. The number of hydrogen-bond donors (Lipinski definition) is 3. The van der Waals surface area contributed by atoms with Crippen LogP contribution in [0.25, 0.3) is 0 Å². The maximum Gasteiger partial charge on any atom is 0.332 e. The first-order chi connectivity index (χ1) is 9.27. The highest BCUT2D eigenvalue weighted by atomic mass is 32.2. The Morgan fingerprint density at radius 3 is 2.65 bits per heavy atom. The molecule has 1 aromatic carbocycles. The summed E-state index contributed by atoms with van der Waals surface area (Å²) >= 11 is 0. The lowest BCUT2D eigenvalue weighted by Crippen LogP contribution is -2.30. The molecule has 8 heteroatoms. The minimum absolute atomic E-state index is 0.0150. The lowest BCUT2D eigenvalue weighted by Gasteiger charge is -2.09. The zero-order valence-electron chi connectivity index (χ0n) is 10.7. The highest BCUT2D eigenvalue weighted by molar-refractivity contribution is 7.89. The summed E-state index contributed by atoms with van der Waals surface area (Å²) in [7, 11) is -3.79. The first-order valence-electron chi connectivity index (χ1n) is 5.69. The Kier molecular flexibility index (Phi) is 5.21. The second-order valence-corrected chi connectivity index (χ2v) is 5.90. The highest BCUT2D eigenvalue weighted by Crippen LogP contribution is 2.14. The summed E-state index contributed by atoms with van der Waals surface area (Å²) < 4.78 is 26.0. The van der Waals surface area contributed by atoms with Gasteiger partial charge in [-0.05, 0) is 37.1 Å². The molecule has 0 aliphatic heterocycles. The van der Waals surface area contributed by atoms with E-state index in [1.807, 2.05) is 6.07 Å². The number of nitrogens with one attached hydrogen (secondary N) is 1. The number of carboxylic acid groups (broad SMARTS) is 1. The van der Waals surface area contributed by atoms with Crippen LogP contribution in [0.2, 0.25) is 0 Å². The first kappa shape index (κ1) is 16.1. The number of aliphatic hydroxyl groups is 1. The van der Waals surface area contributed by atoms with E-state index in [9.17, 15) is 13.2 Å². The molecule has 0 aromatic heterocycles. The van der Waals surface area contributed by atoms with Crippen molar-refractivity contribution in [3.8, 4) is 6.07 Å². The fourth-order valence-electron chi connectivity index (χ4n) is 1.47. The zero-order chi connectivity index (χ0) is 15.3. The largest absolute Gasteiger partial charge is 0.479 e. The first-order valence-corrected chi connectivity index (χ1v) is 7.17. The van der Waals surface area contributed by atoms with Crippen molar-refractivity contribution in [2.75, 3.05) is 6.54 Å². The topological polar surface area (TPSA) is 127 Å². The zero-order valence-corrected chi connectivity index (χ0v) is 11.5. The SMILES string of the molecule is Cc1cc(S(=O)(=O)NCC[C@H](O)C(=O)O)ccc1C#N. The van der Waals surface area contributed by atoms with Gasteiger partial charge in [-0.1, -0.05) is 0 Å². The summed E-state index contributed by atoms with van der Waals surface area (Å²) in [5.74, 6) is -1.40. The predicted molar refractivity (Wildman–Crippen MR) is 69.3 cm³/mol. The molecule has 0 fully saturated rings. The van der Waals surface area contributed by atoms with Gasteiger partial charge in [0.1, 0.15) is 0 Å². The molecule has 0 aliphatic rings. The van der Waals surface area contributed by atoms with Gasteiger partial charge in [-0.2, -0.15) is 5.26 Å². The molecule has 0 unspecified atom stereocenters. The van der Waals surface area contributed by atoms with Crippen molar-refractivity contribution < 1.29 is 23.4 Å². The standard InChI is InChI=1S/C12H14N2O5S/c1-8-6-10(3-2-9(8)7-13)20(18,19)14-5-4-11(15)12(16)17/h2-3,6,11,14-15H,4-5H2,1H3,(H,16,17)/t11-/m0/s1. The summed E-state index contributed by atoms with van der Waals surface area (Å²) in [6, 6.07) is 5.98. The van der Waals surface area contributed by atoms with Crippen LogP contribution < -0.4 is 4.72 Å². The van der Waals surface area contributed by atoms with E-state index >= 15 is 0 Å². The Hall–Kier alpha value is -1.95. The van der Waals surface area contributed by atoms with Crippen molar-refractivity contribution in [3.05, 3.63) is 29.3 Å². The van der Waals surface area contributed by atoms with Gasteiger partial charge >= 0.3 is 5.97 Å². The number of aryl methyl sites for hydroxylation is 1. The quantitative estimate of drug-likeness (QED) is 0.677. The van der Waals surface area contributed by atoms with Crippen molar-refractivity contribution in [2.45, 2.75) is 24.3 Å². The minimum Gasteiger partial charge on any atom is -0.479 e. The number of benzene rings is 1. The van der Waals surface area contributed by atoms with E-state index in [4.69, 9.17) is 15.5 Å². The summed E-state index contributed by atoms with van der Waals surface area (Å²) in [4.78, 5) is 10.4. The number of nitriles is 1. The predicted octanol–water partition coefficient (Wildman–Crippen LogP) is -0.0194. The Balaban J connectivity index is 2.77. The van der Waals surface area contributed by atoms with E-state index in [-0.39, 0.29) is 17.9 Å². The van der Waals surface area contributed by atoms with Gasteiger partial charge in [0.2, 0.25) is 10.0 Å². The van der Waals surface area contributed by atoms with Crippen LogP contribution in [0, 0.1) is 18.3 Å². The van der Waals surface area contributed by atoms with Crippen molar-refractivity contribution in [1.29, 1.82) is 5.26 Å². The Labute approximate surface area is 116 Å². The van der Waals surface area contributed by atoms with Gasteiger partial charge in [0, 0.05) is 6.54 Å². The molecule has 0 spiro atoms. The van der Waals surface area contributed by atoms with Crippen LogP contribution in [0.15, 0.2) is 23.1 Å². The molecule has 1 atom stereocenters. The molecular formula is C12H14N2O5S. The Morgan fingerprint density at radius 2 is 2.15 bits per heavy atom. The van der Waals surface area contributed by atoms with E-state index in [2.05, 4.69) is 4.72 Å². The molecule has 0 aliphatic carbocycles. The number of rotatable bonds is 6. The number of sulfonamides is 1. The van der Waals surface area contributed by atoms with Crippen molar-refractivity contribution in [3.63, 3.8) is 0 Å². The second-order valence-electron chi connectivity index (χ2n) is 4.13. The summed E-state index contributed by atoms with van der Waals surface area (Å²) in [5.41, 5.74) is 0.909. The molecule has 3 N–H and O–H groups in total. The summed E-state index contributed by atoms with van der Waals surface area (Å²) in [6.45, 7) is 1.42. The molecule has 0 bridgehead atoms. The second kappa shape index (κ2) is 6.47. The van der Waals surface area contributed by atoms with E-state index in [1.165, 1.54) is 18.2 Å². The van der Waals surface area contributed by atoms with Crippen LogP contribution in [0.5, 0.6) is 0 Å². The van der Waals surface area contributed by atoms with Crippen molar-refractivity contribution in [2.24, 2.45) is 0 Å². The lowest BCUT2D eigenvalue weighted by atomic mass is 10.1. The van der Waals surface area contributed by atoms with Gasteiger partial charge in [-0.25, -0.2) is 17.9 Å². The maximum absolute atomic E-state index is 11.9. The molecule has 1 aromatic rings. The average Bonchev–Trinajstić information content (AvgIpc) is 2.38. The highest BCUT2D eigenvalue weighted by Gasteiger charge is 2.17. The van der Waals surface area contributed by atoms with Crippen LogP contribution in [-0.4, -0.2) is 37.2 Å². The van der Waals surface area contributed by atoms with E-state index in [0.29, 0.717) is 11.1 Å². The molecule has 1 rings (SSSR count). The molecule has 0 saturated carbocycles. The molecule has 0 heterocycles. The van der Waals surface area contributed by atoms with Gasteiger partial charge in [0.05, 0.1) is 16.5 Å². The van der Waals surface area contributed by atoms with Gasteiger partial charge in [-0.15, -0.1) is 0 Å².